The second-order valence-electron chi connectivity index (χ2n) is 11.8. The van der Waals surface area contributed by atoms with Gasteiger partial charge in [-0.15, -0.1) is 13.2 Å². The number of likely N-dealkylation sites (tertiary alicyclic amines) is 1. The molecule has 3 unspecified atom stereocenters. The molecule has 3 aliphatic rings. The molecule has 3 saturated heterocycles. The molecule has 10 heteroatoms. The highest BCUT2D eigenvalue weighted by Gasteiger charge is 2.77. The average Bonchev–Trinajstić information content (AvgIpc) is 3.64. The number of hydrogen-bond donors (Lipinski definition) is 1. The molecule has 1 spiro atoms. The van der Waals surface area contributed by atoms with Crippen molar-refractivity contribution in [2.75, 3.05) is 31.2 Å². The van der Waals surface area contributed by atoms with Gasteiger partial charge in [-0.1, -0.05) is 65.3 Å². The first-order valence-electron chi connectivity index (χ1n) is 15.6. The number of alkyl halides is 1. The molecule has 0 saturated carbocycles. The van der Waals surface area contributed by atoms with Gasteiger partial charge in [-0.2, -0.15) is 0 Å². The molecule has 0 radical (unpaired) electrons. The number of hydrogen-bond acceptors (Lipinski definition) is 6. The summed E-state index contributed by atoms with van der Waals surface area (Å²) < 4.78 is 12.3. The first-order chi connectivity index (χ1) is 21.8. The van der Waals surface area contributed by atoms with E-state index in [0.29, 0.717) is 37.4 Å². The van der Waals surface area contributed by atoms with Crippen molar-refractivity contribution in [2.45, 2.75) is 61.8 Å². The zero-order valence-electron chi connectivity index (χ0n) is 25.9. The zero-order chi connectivity index (χ0) is 32.3. The molecule has 5 rings (SSSR count). The van der Waals surface area contributed by atoms with Crippen molar-refractivity contribution in [3.05, 3.63) is 85.5 Å². The highest BCUT2D eigenvalue weighted by atomic mass is 79.9. The second kappa shape index (κ2) is 13.9. The Kier molecular flexibility index (Phi) is 10.2. The minimum Gasteiger partial charge on any atom is -0.494 e. The van der Waals surface area contributed by atoms with Crippen LogP contribution in [-0.4, -0.2) is 87.5 Å². The van der Waals surface area contributed by atoms with Gasteiger partial charge in [0.15, 0.2) is 0 Å². The number of carbonyl (C=O) groups excluding carboxylic acids is 3. The Morgan fingerprint density at radius 1 is 1.11 bits per heavy atom. The van der Waals surface area contributed by atoms with Gasteiger partial charge in [0.2, 0.25) is 17.7 Å². The van der Waals surface area contributed by atoms with Crippen molar-refractivity contribution < 1.29 is 29.0 Å². The van der Waals surface area contributed by atoms with Gasteiger partial charge in [-0.05, 0) is 49.6 Å². The molecular formula is C35H42BrN3O6. The standard InChI is InChI=1S/C35H42BrN3O6/c1-5-18-37(21-23-12-10-9-11-13-23)34(43)31-35-20-27(36)30(45-35)28(29(35)33(42)39(31)24(7-3)22-40)32(41)38(19-6-2)25-14-16-26(17-15-25)44-8-4/h5-6,9-17,24,27-31,40H,1-2,7-8,18-22H2,3-4H3/t24-,27?,28-,29-,30-,31?,35?/m0/s1. The van der Waals surface area contributed by atoms with Gasteiger partial charge in [0.05, 0.1) is 37.2 Å². The number of fused-ring (bicyclic) bond motifs is 1. The Morgan fingerprint density at radius 3 is 2.40 bits per heavy atom. The monoisotopic (exact) mass is 679 g/mol. The number of amides is 3. The Balaban J connectivity index is 1.56. The maximum atomic E-state index is 14.7. The van der Waals surface area contributed by atoms with Crippen molar-refractivity contribution in [1.29, 1.82) is 0 Å². The van der Waals surface area contributed by atoms with E-state index < -0.39 is 35.6 Å². The summed E-state index contributed by atoms with van der Waals surface area (Å²) in [5.74, 6) is -1.95. The van der Waals surface area contributed by atoms with E-state index in [2.05, 4.69) is 29.1 Å². The van der Waals surface area contributed by atoms with Gasteiger partial charge in [-0.25, -0.2) is 0 Å². The summed E-state index contributed by atoms with van der Waals surface area (Å²) >= 11 is 3.76. The fraction of sp³-hybridized carbons (Fsp3) is 0.457. The van der Waals surface area contributed by atoms with Crippen molar-refractivity contribution in [2.24, 2.45) is 11.8 Å². The van der Waals surface area contributed by atoms with Crippen molar-refractivity contribution >= 4 is 39.3 Å². The van der Waals surface area contributed by atoms with Crippen molar-refractivity contribution in [3.8, 4) is 5.75 Å². The van der Waals surface area contributed by atoms with Gasteiger partial charge in [-0.3, -0.25) is 14.4 Å². The minimum absolute atomic E-state index is 0.224. The maximum absolute atomic E-state index is 14.7. The quantitative estimate of drug-likeness (QED) is 0.236. The third-order valence-electron chi connectivity index (χ3n) is 9.24. The van der Waals surface area contributed by atoms with Crippen LogP contribution in [0.15, 0.2) is 79.9 Å². The van der Waals surface area contributed by atoms with E-state index in [1.54, 1.807) is 34.1 Å². The van der Waals surface area contributed by atoms with Gasteiger partial charge in [0.1, 0.15) is 17.4 Å². The molecule has 3 heterocycles. The van der Waals surface area contributed by atoms with Gasteiger partial charge >= 0.3 is 0 Å². The lowest BCUT2D eigenvalue weighted by Gasteiger charge is -2.39. The predicted molar refractivity (Wildman–Crippen MR) is 176 cm³/mol. The van der Waals surface area contributed by atoms with E-state index in [1.165, 1.54) is 4.90 Å². The van der Waals surface area contributed by atoms with Crippen LogP contribution in [0.5, 0.6) is 5.75 Å². The van der Waals surface area contributed by atoms with E-state index in [1.807, 2.05) is 56.3 Å². The molecule has 1 N–H and O–H groups in total. The van der Waals surface area contributed by atoms with Gasteiger partial charge in [0.25, 0.3) is 0 Å². The number of rotatable bonds is 14. The van der Waals surface area contributed by atoms with Crippen LogP contribution in [0.25, 0.3) is 0 Å². The van der Waals surface area contributed by atoms with E-state index in [9.17, 15) is 19.5 Å². The summed E-state index contributed by atoms with van der Waals surface area (Å²) in [7, 11) is 0. The molecule has 240 valence electrons. The van der Waals surface area contributed by atoms with Gasteiger partial charge < -0.3 is 29.3 Å². The lowest BCUT2D eigenvalue weighted by molar-refractivity contribution is -0.151. The number of anilines is 1. The van der Waals surface area contributed by atoms with Gasteiger partial charge in [0, 0.05) is 30.1 Å². The number of aliphatic hydroxyl groups is 1. The van der Waals surface area contributed by atoms with Crippen LogP contribution in [0, 0.1) is 11.8 Å². The lowest BCUT2D eigenvalue weighted by Crippen LogP contribution is -2.58. The maximum Gasteiger partial charge on any atom is 0.249 e. The third kappa shape index (κ3) is 5.84. The smallest absolute Gasteiger partial charge is 0.249 e. The first-order valence-corrected chi connectivity index (χ1v) is 16.5. The summed E-state index contributed by atoms with van der Waals surface area (Å²) in [6, 6.07) is 15.2. The lowest BCUT2D eigenvalue weighted by atomic mass is 9.70. The molecular weight excluding hydrogens is 638 g/mol. The van der Waals surface area contributed by atoms with Crippen LogP contribution in [0.1, 0.15) is 32.3 Å². The molecule has 0 aliphatic carbocycles. The van der Waals surface area contributed by atoms with Crippen molar-refractivity contribution in [3.63, 3.8) is 0 Å². The predicted octanol–water partition coefficient (Wildman–Crippen LogP) is 4.34. The topological polar surface area (TPSA) is 99.6 Å². The fourth-order valence-electron chi connectivity index (χ4n) is 7.32. The molecule has 0 aromatic heterocycles. The highest BCUT2D eigenvalue weighted by molar-refractivity contribution is 9.09. The average molecular weight is 681 g/mol. The molecule has 2 aromatic rings. The first kappa shape index (κ1) is 32.9. The fourth-order valence-corrected chi connectivity index (χ4v) is 8.26. The Bertz CT molecular complexity index is 1400. The minimum atomic E-state index is -1.25. The van der Waals surface area contributed by atoms with Crippen LogP contribution in [0.3, 0.4) is 0 Å². The van der Waals surface area contributed by atoms with E-state index >= 15 is 0 Å². The summed E-state index contributed by atoms with van der Waals surface area (Å²) in [4.78, 5) is 48.3. The molecule has 3 fully saturated rings. The zero-order valence-corrected chi connectivity index (χ0v) is 27.5. The number of nitrogens with zero attached hydrogens (tertiary/aromatic N) is 3. The van der Waals surface area contributed by atoms with Crippen LogP contribution in [0.2, 0.25) is 0 Å². The number of benzene rings is 2. The molecule has 7 atom stereocenters. The third-order valence-corrected chi connectivity index (χ3v) is 10.1. The van der Waals surface area contributed by atoms with Crippen molar-refractivity contribution in [1.82, 2.24) is 9.80 Å². The van der Waals surface area contributed by atoms with Crippen LogP contribution in [0.4, 0.5) is 5.69 Å². The highest BCUT2D eigenvalue weighted by Crippen LogP contribution is 2.61. The molecule has 9 nitrogen and oxygen atoms in total. The Hall–Kier alpha value is -3.47. The van der Waals surface area contributed by atoms with E-state index in [4.69, 9.17) is 9.47 Å². The largest absolute Gasteiger partial charge is 0.494 e. The summed E-state index contributed by atoms with van der Waals surface area (Å²) in [5, 5.41) is 10.4. The number of carbonyl (C=O) groups is 3. The Morgan fingerprint density at radius 2 is 1.80 bits per heavy atom. The normalized spacial score (nSPS) is 27.2. The molecule has 3 aliphatic heterocycles. The van der Waals surface area contributed by atoms with Crippen LogP contribution in [-0.2, 0) is 25.7 Å². The summed E-state index contributed by atoms with van der Waals surface area (Å²) in [6.07, 6.45) is 3.51. The van der Waals surface area contributed by atoms with E-state index in [-0.39, 0.29) is 42.2 Å². The second-order valence-corrected chi connectivity index (χ2v) is 13.0. The Labute approximate surface area is 273 Å². The van der Waals surface area contributed by atoms with Crippen LogP contribution < -0.4 is 9.64 Å². The number of aliphatic hydroxyl groups excluding tert-OH is 1. The van der Waals surface area contributed by atoms with E-state index in [0.717, 1.165) is 5.56 Å². The molecule has 45 heavy (non-hydrogen) atoms. The number of ether oxygens (including phenoxy) is 2. The molecule has 2 aromatic carbocycles. The number of halogens is 1. The summed E-state index contributed by atoms with van der Waals surface area (Å²) in [6.45, 7) is 12.5. The SMILES string of the molecule is C=CCN(Cc1ccccc1)C(=O)C1N([C@@H](CC)CO)C(=O)[C@@H]2[C@H](C(=O)N(CC=C)c3ccc(OCC)cc3)[C@H]3OC12CC3Br. The molecule has 2 bridgehead atoms. The summed E-state index contributed by atoms with van der Waals surface area (Å²) in [5.41, 5.74) is 0.332. The van der Waals surface area contributed by atoms with Crippen LogP contribution >= 0.6 is 15.9 Å². The molecule has 3 amide bonds.